The molecule has 4 rings (SSSR count). The molecule has 2 amide bonds. The average Bonchev–Trinajstić information content (AvgIpc) is 3.30. The quantitative estimate of drug-likeness (QED) is 0.647. The number of alkyl halides is 3. The second-order valence-electron chi connectivity index (χ2n) is 7.51. The van der Waals surface area contributed by atoms with Crippen LogP contribution >= 0.6 is 0 Å². The molecule has 0 spiro atoms. The van der Waals surface area contributed by atoms with E-state index in [-0.39, 0.29) is 22.5 Å². The fraction of sp³-hybridized carbons (Fsp3) is 0.381. The number of carbonyl (C=O) groups excluding carboxylic acids is 1. The second-order valence-corrected chi connectivity index (χ2v) is 7.51. The largest absolute Gasteiger partial charge is 0.467 e. The highest BCUT2D eigenvalue weighted by atomic mass is 19.4. The zero-order chi connectivity index (χ0) is 22.7. The minimum absolute atomic E-state index is 0.0234. The van der Waals surface area contributed by atoms with Crippen LogP contribution in [0.5, 0.6) is 0 Å². The van der Waals surface area contributed by atoms with Crippen molar-refractivity contribution in [3.8, 4) is 0 Å². The van der Waals surface area contributed by atoms with Gasteiger partial charge in [-0.2, -0.15) is 13.2 Å². The Bertz CT molecular complexity index is 1140. The number of carbonyl (C=O) groups is 1. The molecule has 4 heterocycles. The highest BCUT2D eigenvalue weighted by molar-refractivity contribution is 5.77. The molecule has 170 valence electrons. The van der Waals surface area contributed by atoms with Crippen molar-refractivity contribution in [1.82, 2.24) is 24.7 Å². The fourth-order valence-electron chi connectivity index (χ4n) is 3.61. The first kappa shape index (κ1) is 21.9. The summed E-state index contributed by atoms with van der Waals surface area (Å²) < 4.78 is 45.1. The van der Waals surface area contributed by atoms with Crippen molar-refractivity contribution in [3.63, 3.8) is 0 Å². The summed E-state index contributed by atoms with van der Waals surface area (Å²) in [5.74, 6) is 0.683. The Balaban J connectivity index is 1.30. The van der Waals surface area contributed by atoms with Gasteiger partial charge >= 0.3 is 12.2 Å². The molecule has 3 aromatic heterocycles. The van der Waals surface area contributed by atoms with Crippen molar-refractivity contribution in [1.29, 1.82) is 0 Å². The normalized spacial score (nSPS) is 15.3. The van der Waals surface area contributed by atoms with Gasteiger partial charge in [0, 0.05) is 45.5 Å². The van der Waals surface area contributed by atoms with Crippen molar-refractivity contribution in [2.45, 2.75) is 19.3 Å². The van der Waals surface area contributed by atoms with Crippen molar-refractivity contribution in [2.75, 3.05) is 32.7 Å². The Morgan fingerprint density at radius 2 is 1.88 bits per heavy atom. The lowest BCUT2D eigenvalue weighted by atomic mass is 10.2. The molecule has 0 radical (unpaired) electrons. The van der Waals surface area contributed by atoms with E-state index in [1.54, 1.807) is 23.3 Å². The Labute approximate surface area is 181 Å². The van der Waals surface area contributed by atoms with Crippen molar-refractivity contribution >= 4 is 16.9 Å². The topological polar surface area (TPSA) is 83.6 Å². The first-order chi connectivity index (χ1) is 15.3. The van der Waals surface area contributed by atoms with Gasteiger partial charge in [0.25, 0.3) is 5.56 Å². The maximum Gasteiger partial charge on any atom is 0.433 e. The van der Waals surface area contributed by atoms with Crippen LogP contribution in [0.3, 0.4) is 0 Å². The van der Waals surface area contributed by atoms with Gasteiger partial charge in [0.15, 0.2) is 0 Å². The maximum atomic E-state index is 12.8. The van der Waals surface area contributed by atoms with E-state index in [2.05, 4.69) is 15.2 Å². The molecule has 0 aromatic carbocycles. The van der Waals surface area contributed by atoms with E-state index in [1.165, 1.54) is 22.9 Å². The van der Waals surface area contributed by atoms with Crippen LogP contribution in [0.2, 0.25) is 0 Å². The summed E-state index contributed by atoms with van der Waals surface area (Å²) in [5, 5.41) is 2.97. The molecule has 1 aliphatic rings. The summed E-state index contributed by atoms with van der Waals surface area (Å²) in [6.45, 7) is 3.74. The molecule has 3 aromatic rings. The third kappa shape index (κ3) is 4.93. The number of fused-ring (bicyclic) bond motifs is 1. The highest BCUT2D eigenvalue weighted by Crippen LogP contribution is 2.28. The molecule has 11 heteroatoms. The lowest BCUT2D eigenvalue weighted by Gasteiger charge is -2.34. The molecule has 0 saturated carbocycles. The van der Waals surface area contributed by atoms with Crippen molar-refractivity contribution in [2.24, 2.45) is 0 Å². The van der Waals surface area contributed by atoms with E-state index in [0.29, 0.717) is 51.6 Å². The Kier molecular flexibility index (Phi) is 6.17. The summed E-state index contributed by atoms with van der Waals surface area (Å²) in [4.78, 5) is 32.3. The Hall–Kier alpha value is -3.34. The summed E-state index contributed by atoms with van der Waals surface area (Å²) in [7, 11) is 0. The molecule has 1 saturated heterocycles. The number of amides is 2. The van der Waals surface area contributed by atoms with Crippen molar-refractivity contribution in [3.05, 3.63) is 64.6 Å². The molecule has 1 N–H and O–H groups in total. The van der Waals surface area contributed by atoms with Gasteiger partial charge in [-0.05, 0) is 30.3 Å². The van der Waals surface area contributed by atoms with E-state index in [0.717, 1.165) is 6.07 Å². The standard InChI is InChI=1S/C21H22F3N5O3/c22-21(23,24)18-4-3-16-17(26-18)5-6-28(19(16)30)10-7-27-8-11-29(12-9-27)20(31)25-14-15-2-1-13-32-15/h1-6,13H,7-12,14H2,(H,25,31). The summed E-state index contributed by atoms with van der Waals surface area (Å²) in [5.41, 5.74) is -1.37. The molecule has 1 aliphatic heterocycles. The molecule has 8 nitrogen and oxygen atoms in total. The second kappa shape index (κ2) is 9.03. The predicted molar refractivity (Wildman–Crippen MR) is 110 cm³/mol. The number of nitrogens with one attached hydrogen (secondary N) is 1. The van der Waals surface area contributed by atoms with Gasteiger partial charge < -0.3 is 19.2 Å². The number of rotatable bonds is 5. The van der Waals surface area contributed by atoms with Crippen LogP contribution in [0.1, 0.15) is 11.5 Å². The number of aromatic nitrogens is 2. The molecule has 0 unspecified atom stereocenters. The van der Waals surface area contributed by atoms with Gasteiger partial charge in [0.2, 0.25) is 0 Å². The number of piperazine rings is 1. The number of halogens is 3. The average molecular weight is 449 g/mol. The molecular weight excluding hydrogens is 427 g/mol. The third-order valence-corrected chi connectivity index (χ3v) is 5.43. The predicted octanol–water partition coefficient (Wildman–Crippen LogP) is 2.54. The van der Waals surface area contributed by atoms with Gasteiger partial charge in [-0.15, -0.1) is 0 Å². The summed E-state index contributed by atoms with van der Waals surface area (Å²) in [6.07, 6.45) is -1.53. The Morgan fingerprint density at radius 1 is 1.09 bits per heavy atom. The number of nitrogens with zero attached hydrogens (tertiary/aromatic N) is 4. The minimum atomic E-state index is -4.55. The third-order valence-electron chi connectivity index (χ3n) is 5.43. The van der Waals surface area contributed by atoms with Crippen LogP contribution in [0.15, 0.2) is 52.0 Å². The Morgan fingerprint density at radius 3 is 2.56 bits per heavy atom. The molecule has 32 heavy (non-hydrogen) atoms. The monoisotopic (exact) mass is 449 g/mol. The highest BCUT2D eigenvalue weighted by Gasteiger charge is 2.32. The molecule has 0 aliphatic carbocycles. The molecule has 0 bridgehead atoms. The van der Waals surface area contributed by atoms with Crippen molar-refractivity contribution < 1.29 is 22.4 Å². The summed E-state index contributed by atoms with van der Waals surface area (Å²) >= 11 is 0. The number of urea groups is 1. The van der Waals surface area contributed by atoms with Crippen LogP contribution in [-0.2, 0) is 19.3 Å². The smallest absolute Gasteiger partial charge is 0.433 e. The van der Waals surface area contributed by atoms with Gasteiger partial charge in [-0.1, -0.05) is 0 Å². The fourth-order valence-corrected chi connectivity index (χ4v) is 3.61. The lowest BCUT2D eigenvalue weighted by Crippen LogP contribution is -2.52. The van der Waals surface area contributed by atoms with Gasteiger partial charge in [-0.25, -0.2) is 9.78 Å². The van der Waals surface area contributed by atoms with Gasteiger partial charge in [0.1, 0.15) is 11.5 Å². The first-order valence-electron chi connectivity index (χ1n) is 10.2. The lowest BCUT2D eigenvalue weighted by molar-refractivity contribution is -0.140. The maximum absolute atomic E-state index is 12.8. The van der Waals surface area contributed by atoms with Gasteiger partial charge in [-0.3, -0.25) is 9.69 Å². The van der Waals surface area contributed by atoms with Gasteiger partial charge in [0.05, 0.1) is 23.7 Å². The van der Waals surface area contributed by atoms with E-state index in [4.69, 9.17) is 4.42 Å². The minimum Gasteiger partial charge on any atom is -0.467 e. The van der Waals surface area contributed by atoms with Crippen LogP contribution in [0.25, 0.3) is 10.9 Å². The zero-order valence-electron chi connectivity index (χ0n) is 17.1. The first-order valence-corrected chi connectivity index (χ1v) is 10.2. The molecule has 0 atom stereocenters. The SMILES string of the molecule is O=C(NCc1ccco1)N1CCN(CCn2ccc3nc(C(F)(F)F)ccc3c2=O)CC1. The van der Waals surface area contributed by atoms with Crippen LogP contribution in [-0.4, -0.2) is 58.1 Å². The van der Waals surface area contributed by atoms with E-state index in [1.807, 2.05) is 0 Å². The zero-order valence-corrected chi connectivity index (χ0v) is 17.1. The molecule has 1 fully saturated rings. The molecular formula is C21H22F3N5O3. The van der Waals surface area contributed by atoms with Crippen LogP contribution < -0.4 is 10.9 Å². The van der Waals surface area contributed by atoms with E-state index in [9.17, 15) is 22.8 Å². The summed E-state index contributed by atoms with van der Waals surface area (Å²) in [6, 6.07) is 6.81. The number of hydrogen-bond donors (Lipinski definition) is 1. The number of pyridine rings is 2. The van der Waals surface area contributed by atoms with E-state index >= 15 is 0 Å². The number of hydrogen-bond acceptors (Lipinski definition) is 5. The van der Waals surface area contributed by atoms with E-state index < -0.39 is 11.9 Å². The van der Waals surface area contributed by atoms with Crippen LogP contribution in [0.4, 0.5) is 18.0 Å². The number of furan rings is 1. The van der Waals surface area contributed by atoms with Crippen LogP contribution in [0, 0.1) is 0 Å².